The number of hydrogen-bond acceptors (Lipinski definition) is 11. The molecular weight excluding hydrogens is 564 g/mol. The first-order valence-electron chi connectivity index (χ1n) is 14.1. The highest BCUT2D eigenvalue weighted by Gasteiger charge is 2.50. The number of aromatic hydroxyl groups is 2. The predicted octanol–water partition coefficient (Wildman–Crippen LogP) is 2.35. The van der Waals surface area contributed by atoms with Crippen LogP contribution in [0, 0.1) is 0 Å². The molecule has 0 amide bonds. The van der Waals surface area contributed by atoms with Crippen LogP contribution in [0.4, 0.5) is 0 Å². The zero-order chi connectivity index (χ0) is 31.0. The normalized spacial score (nSPS) is 31.3. The van der Waals surface area contributed by atoms with Crippen molar-refractivity contribution < 1.29 is 58.6 Å². The average molecular weight is 597 g/mol. The van der Waals surface area contributed by atoms with Crippen molar-refractivity contribution in [2.75, 3.05) is 0 Å². The number of phenols is 2. The van der Waals surface area contributed by atoms with Gasteiger partial charge in [-0.25, -0.2) is 0 Å². The second kappa shape index (κ2) is 10.5. The fourth-order valence-corrected chi connectivity index (χ4v) is 6.56. The molecular formula is C31H32O12. The average Bonchev–Trinajstić information content (AvgIpc) is 2.91. The second-order valence-corrected chi connectivity index (χ2v) is 12.0. The Labute approximate surface area is 246 Å². The fraction of sp³-hybridized carbons (Fsp3) is 0.484. The molecule has 2 aromatic carbocycles. The lowest BCUT2D eigenvalue weighted by atomic mass is 9.79. The van der Waals surface area contributed by atoms with E-state index >= 15 is 0 Å². The van der Waals surface area contributed by atoms with Crippen LogP contribution in [0.1, 0.15) is 89.1 Å². The van der Waals surface area contributed by atoms with Gasteiger partial charge in [0.15, 0.2) is 23.6 Å². The SMILES string of the molecule is C[C@@H]1O[C@H]2O[C@@H]3[C@@H](C)O[C@@H](c4ccc5c(c4O)C(=O)c4ccc(C[C@](C)(O)CC(=O)O)c(O)c4C5=O)C[C@H]3O[C@H]2CC1=O. The number of aliphatic hydroxyl groups is 1. The Morgan fingerprint density at radius 3 is 2.23 bits per heavy atom. The summed E-state index contributed by atoms with van der Waals surface area (Å²) < 4.78 is 24.2. The number of hydrogen-bond donors (Lipinski definition) is 4. The molecule has 0 aromatic heterocycles. The molecule has 228 valence electrons. The van der Waals surface area contributed by atoms with Gasteiger partial charge in [0.25, 0.3) is 0 Å². The van der Waals surface area contributed by atoms with E-state index in [4.69, 9.17) is 24.1 Å². The van der Waals surface area contributed by atoms with E-state index in [1.54, 1.807) is 13.8 Å². The highest BCUT2D eigenvalue weighted by molar-refractivity contribution is 6.30. The van der Waals surface area contributed by atoms with E-state index < -0.39 is 84.0 Å². The summed E-state index contributed by atoms with van der Waals surface area (Å²) in [7, 11) is 0. The van der Waals surface area contributed by atoms with Crippen molar-refractivity contribution >= 4 is 23.3 Å². The number of Topliss-reactive ketones (excluding diaryl/α,β-unsaturated/α-hetero) is 1. The van der Waals surface area contributed by atoms with Gasteiger partial charge in [-0.1, -0.05) is 12.1 Å². The van der Waals surface area contributed by atoms with Crippen LogP contribution in [-0.2, 0) is 35.0 Å². The molecule has 1 aliphatic carbocycles. The first kappa shape index (κ1) is 29.4. The Hall–Kier alpha value is -3.68. The lowest BCUT2D eigenvalue weighted by molar-refractivity contribution is -0.347. The number of benzene rings is 2. The Morgan fingerprint density at radius 1 is 0.907 bits per heavy atom. The number of rotatable bonds is 5. The molecule has 8 atom stereocenters. The molecule has 3 saturated heterocycles. The summed E-state index contributed by atoms with van der Waals surface area (Å²) in [4.78, 5) is 50.5. The van der Waals surface area contributed by atoms with Crippen LogP contribution < -0.4 is 0 Å². The van der Waals surface area contributed by atoms with Gasteiger partial charge < -0.3 is 39.4 Å². The Bertz CT molecular complexity index is 1540. The largest absolute Gasteiger partial charge is 0.507 e. The number of phenolic OH excluding ortho intramolecular Hbond substituents is 2. The van der Waals surface area contributed by atoms with Crippen molar-refractivity contribution in [3.05, 3.63) is 57.6 Å². The Morgan fingerprint density at radius 2 is 1.56 bits per heavy atom. The lowest BCUT2D eigenvalue weighted by Crippen LogP contribution is -2.60. The van der Waals surface area contributed by atoms with Gasteiger partial charge in [-0.15, -0.1) is 0 Å². The van der Waals surface area contributed by atoms with Gasteiger partial charge in [-0.2, -0.15) is 0 Å². The number of carboxylic acids is 1. The third kappa shape index (κ3) is 5.02. The van der Waals surface area contributed by atoms with Gasteiger partial charge in [0.1, 0.15) is 29.8 Å². The summed E-state index contributed by atoms with van der Waals surface area (Å²) in [6.45, 7) is 4.75. The number of ketones is 3. The highest BCUT2D eigenvalue weighted by Crippen LogP contribution is 2.46. The highest BCUT2D eigenvalue weighted by atomic mass is 16.7. The minimum Gasteiger partial charge on any atom is -0.507 e. The van der Waals surface area contributed by atoms with Crippen molar-refractivity contribution in [1.29, 1.82) is 0 Å². The van der Waals surface area contributed by atoms with Gasteiger partial charge in [-0.05, 0) is 38.5 Å². The summed E-state index contributed by atoms with van der Waals surface area (Å²) in [6.07, 6.45) is -4.53. The van der Waals surface area contributed by atoms with Gasteiger partial charge in [0.2, 0.25) is 0 Å². The van der Waals surface area contributed by atoms with Crippen LogP contribution in [0.5, 0.6) is 11.5 Å². The summed E-state index contributed by atoms with van der Waals surface area (Å²) in [5, 5.41) is 41.9. The minimum absolute atomic E-state index is 0.0838. The predicted molar refractivity (Wildman–Crippen MR) is 145 cm³/mol. The molecule has 0 radical (unpaired) electrons. The first-order valence-corrected chi connectivity index (χ1v) is 14.1. The third-order valence-corrected chi connectivity index (χ3v) is 8.66. The van der Waals surface area contributed by atoms with E-state index in [0.29, 0.717) is 0 Å². The molecule has 0 unspecified atom stereocenters. The van der Waals surface area contributed by atoms with Crippen molar-refractivity contribution in [2.45, 2.75) is 95.0 Å². The Balaban J connectivity index is 1.28. The minimum atomic E-state index is -1.72. The van der Waals surface area contributed by atoms with E-state index in [1.807, 2.05) is 0 Å². The van der Waals surface area contributed by atoms with Crippen LogP contribution in [-0.4, -0.2) is 86.2 Å². The molecule has 2 aromatic rings. The molecule has 43 heavy (non-hydrogen) atoms. The molecule has 12 heteroatoms. The van der Waals surface area contributed by atoms with Crippen molar-refractivity contribution in [2.24, 2.45) is 0 Å². The van der Waals surface area contributed by atoms with E-state index in [1.165, 1.54) is 31.2 Å². The van der Waals surface area contributed by atoms with Crippen molar-refractivity contribution in [3.63, 3.8) is 0 Å². The summed E-state index contributed by atoms with van der Waals surface area (Å²) in [5.74, 6) is -3.66. The number of carbonyl (C=O) groups excluding carboxylic acids is 3. The topological polar surface area (TPSA) is 186 Å². The number of fused-ring (bicyclic) bond motifs is 4. The molecule has 4 aliphatic rings. The zero-order valence-electron chi connectivity index (χ0n) is 23.7. The third-order valence-electron chi connectivity index (χ3n) is 8.66. The van der Waals surface area contributed by atoms with Crippen LogP contribution in [0.15, 0.2) is 24.3 Å². The molecule has 0 saturated carbocycles. The maximum Gasteiger partial charge on any atom is 0.306 e. The molecule has 12 nitrogen and oxygen atoms in total. The van der Waals surface area contributed by atoms with Crippen molar-refractivity contribution in [3.8, 4) is 11.5 Å². The number of aliphatic carboxylic acids is 1. The summed E-state index contributed by atoms with van der Waals surface area (Å²) in [5.41, 5.74) is -2.09. The summed E-state index contributed by atoms with van der Waals surface area (Å²) in [6, 6.07) is 5.55. The molecule has 3 heterocycles. The quantitative estimate of drug-likeness (QED) is 0.337. The lowest BCUT2D eigenvalue weighted by Gasteiger charge is -2.49. The van der Waals surface area contributed by atoms with E-state index in [9.17, 15) is 34.5 Å². The monoisotopic (exact) mass is 596 g/mol. The maximum atomic E-state index is 13.6. The summed E-state index contributed by atoms with van der Waals surface area (Å²) >= 11 is 0. The molecule has 0 spiro atoms. The van der Waals surface area contributed by atoms with Crippen molar-refractivity contribution in [1.82, 2.24) is 0 Å². The van der Waals surface area contributed by atoms with Crippen LogP contribution in [0.25, 0.3) is 0 Å². The van der Waals surface area contributed by atoms with Gasteiger partial charge in [0.05, 0.1) is 41.5 Å². The molecule has 4 N–H and O–H groups in total. The van der Waals surface area contributed by atoms with Gasteiger partial charge in [-0.3, -0.25) is 19.2 Å². The zero-order valence-corrected chi connectivity index (χ0v) is 23.7. The first-order chi connectivity index (χ1) is 20.3. The fourth-order valence-electron chi connectivity index (χ4n) is 6.56. The van der Waals surface area contributed by atoms with Gasteiger partial charge in [0, 0.05) is 36.0 Å². The molecule has 3 fully saturated rings. The number of carboxylic acid groups (broad SMARTS) is 1. The number of ether oxygens (including phenoxy) is 4. The number of carbonyl (C=O) groups is 4. The Kier molecular flexibility index (Phi) is 7.17. The van der Waals surface area contributed by atoms with Crippen LogP contribution in [0.3, 0.4) is 0 Å². The van der Waals surface area contributed by atoms with E-state index in [0.717, 1.165) is 0 Å². The van der Waals surface area contributed by atoms with Crippen LogP contribution in [0.2, 0.25) is 0 Å². The van der Waals surface area contributed by atoms with E-state index in [2.05, 4.69) is 0 Å². The van der Waals surface area contributed by atoms with Gasteiger partial charge >= 0.3 is 5.97 Å². The standard InChI is InChI=1S/C31H32O12/c1-12-18(32)8-21-30(41-12)43-29-13(2)40-19(9-20(29)42-21)15-6-7-17-24(26(15)36)28(38)16-5-4-14(25(35)23(16)27(17)37)10-31(3,39)11-22(33)34/h4-7,12-13,19-21,29-30,35-36,39H,8-11H2,1-3H3,(H,33,34)/t12-,13+,19+,20+,21-,29+,30-,31-/m0/s1. The smallest absolute Gasteiger partial charge is 0.306 e. The van der Waals surface area contributed by atoms with Crippen LogP contribution >= 0.6 is 0 Å². The van der Waals surface area contributed by atoms with E-state index in [-0.39, 0.29) is 58.4 Å². The molecule has 6 rings (SSSR count). The molecule has 0 bridgehead atoms. The maximum absolute atomic E-state index is 13.6. The molecule has 3 aliphatic heterocycles. The second-order valence-electron chi connectivity index (χ2n) is 12.0.